The lowest BCUT2D eigenvalue weighted by Crippen LogP contribution is -3.07. The highest BCUT2D eigenvalue weighted by molar-refractivity contribution is 5.92. The van der Waals surface area contributed by atoms with Gasteiger partial charge in [-0.05, 0) is 16.8 Å². The van der Waals surface area contributed by atoms with Crippen molar-refractivity contribution < 1.29 is 9.96 Å². The molecule has 2 aliphatic rings. The molecular weight excluding hydrogens is 190 g/mol. The lowest BCUT2D eigenvalue weighted by molar-refractivity contribution is -0.854. The van der Waals surface area contributed by atoms with Crippen LogP contribution in [0.2, 0.25) is 0 Å². The average molecular weight is 199 g/mol. The van der Waals surface area contributed by atoms with Gasteiger partial charge in [0.2, 0.25) is 5.75 Å². The van der Waals surface area contributed by atoms with Crippen molar-refractivity contribution >= 4 is 16.5 Å². The molecule has 0 radical (unpaired) electrons. The molecule has 74 valence electrons. The molecule has 0 saturated heterocycles. The predicted molar refractivity (Wildman–Crippen MR) is 55.4 cm³/mol. The van der Waals surface area contributed by atoms with E-state index in [-0.39, 0.29) is 0 Å². The van der Waals surface area contributed by atoms with Crippen LogP contribution in [0.25, 0.3) is 16.2 Å². The molecule has 15 heavy (non-hydrogen) atoms. The molecule has 4 nitrogen and oxygen atoms in total. The molecule has 0 saturated carbocycles. The van der Waals surface area contributed by atoms with E-state index < -0.39 is 0 Å². The summed E-state index contributed by atoms with van der Waals surface area (Å²) in [4.78, 5) is 5.37. The van der Waals surface area contributed by atoms with Crippen molar-refractivity contribution in [2.24, 2.45) is 0 Å². The van der Waals surface area contributed by atoms with E-state index in [2.05, 4.69) is 35.3 Å². The number of nitrogens with zero attached hydrogens (tertiary/aromatic N) is 1. The lowest BCUT2D eigenvalue weighted by atomic mass is 10.0. The zero-order valence-corrected chi connectivity index (χ0v) is 7.95. The van der Waals surface area contributed by atoms with Crippen LogP contribution in [-0.4, -0.2) is 0 Å². The van der Waals surface area contributed by atoms with Gasteiger partial charge in [0.25, 0.3) is 0 Å². The molecule has 0 amide bonds. The van der Waals surface area contributed by atoms with Crippen LogP contribution in [0.5, 0.6) is 5.75 Å². The SMILES string of the molecule is c1ccc2c3c4c(cc2c1)ON[NH+]4[N-]C3. The zero-order valence-electron chi connectivity index (χ0n) is 7.95. The van der Waals surface area contributed by atoms with Crippen molar-refractivity contribution in [1.82, 2.24) is 5.59 Å². The van der Waals surface area contributed by atoms with Gasteiger partial charge in [0.05, 0.1) is 0 Å². The summed E-state index contributed by atoms with van der Waals surface area (Å²) in [7, 11) is 0. The molecule has 4 rings (SSSR count). The van der Waals surface area contributed by atoms with E-state index >= 15 is 0 Å². The van der Waals surface area contributed by atoms with E-state index in [1.54, 1.807) is 0 Å². The number of hydrogen-bond donors (Lipinski definition) is 2. The van der Waals surface area contributed by atoms with Crippen LogP contribution < -0.4 is 15.5 Å². The van der Waals surface area contributed by atoms with E-state index in [0.717, 1.165) is 23.1 Å². The summed E-state index contributed by atoms with van der Waals surface area (Å²) in [5, 5.41) is 3.37. The Kier molecular flexibility index (Phi) is 1.27. The molecule has 0 bridgehead atoms. The predicted octanol–water partition coefficient (Wildman–Crippen LogP) is 0.971. The largest absolute Gasteiger partial charge is 0.420 e. The number of nitrogens with one attached hydrogen (secondary N) is 2. The van der Waals surface area contributed by atoms with Crippen molar-refractivity contribution in [3.63, 3.8) is 0 Å². The quantitative estimate of drug-likeness (QED) is 0.663. The fourth-order valence-electron chi connectivity index (χ4n) is 2.32. The number of rotatable bonds is 0. The van der Waals surface area contributed by atoms with E-state index in [1.807, 2.05) is 6.07 Å². The first-order chi connectivity index (χ1) is 7.43. The highest BCUT2D eigenvalue weighted by Gasteiger charge is 2.30. The normalized spacial score (nSPS) is 21.7. The first-order valence-corrected chi connectivity index (χ1v) is 4.96. The Balaban J connectivity index is 2.19. The molecule has 0 aromatic heterocycles. The highest BCUT2D eigenvalue weighted by atomic mass is 16.7. The van der Waals surface area contributed by atoms with Gasteiger partial charge in [-0.3, -0.25) is 5.12 Å². The Labute approximate surface area is 86.3 Å². The monoisotopic (exact) mass is 199 g/mol. The third kappa shape index (κ3) is 0.860. The third-order valence-electron chi connectivity index (χ3n) is 3.01. The third-order valence-corrected chi connectivity index (χ3v) is 3.01. The van der Waals surface area contributed by atoms with Gasteiger partial charge < -0.3 is 10.3 Å². The molecule has 2 aromatic carbocycles. The Morgan fingerprint density at radius 3 is 3.27 bits per heavy atom. The molecular formula is C11H9N3O. The van der Waals surface area contributed by atoms with Crippen LogP contribution in [-0.2, 0) is 6.54 Å². The summed E-state index contributed by atoms with van der Waals surface area (Å²) < 4.78 is 0. The van der Waals surface area contributed by atoms with Gasteiger partial charge in [-0.1, -0.05) is 30.8 Å². The average Bonchev–Trinajstić information content (AvgIpc) is 2.86. The minimum absolute atomic E-state index is 0.759. The second-order valence-electron chi connectivity index (χ2n) is 3.82. The summed E-state index contributed by atoms with van der Waals surface area (Å²) >= 11 is 0. The van der Waals surface area contributed by atoms with E-state index in [1.165, 1.54) is 16.3 Å². The Morgan fingerprint density at radius 1 is 1.33 bits per heavy atom. The Bertz CT molecular complexity index is 567. The lowest BCUT2D eigenvalue weighted by Gasteiger charge is -2.14. The molecule has 0 fully saturated rings. The minimum atomic E-state index is 0.759. The van der Waals surface area contributed by atoms with Gasteiger partial charge in [-0.15, -0.1) is 0 Å². The van der Waals surface area contributed by atoms with Gasteiger partial charge in [0, 0.05) is 11.2 Å². The maximum atomic E-state index is 5.37. The van der Waals surface area contributed by atoms with E-state index in [4.69, 9.17) is 4.84 Å². The molecule has 2 aromatic rings. The molecule has 4 heteroatoms. The molecule has 2 aliphatic heterocycles. The second kappa shape index (κ2) is 2.49. The summed E-state index contributed by atoms with van der Waals surface area (Å²) in [6.07, 6.45) is 0. The van der Waals surface area contributed by atoms with Crippen LogP contribution in [0.1, 0.15) is 5.56 Å². The smallest absolute Gasteiger partial charge is 0.215 e. The fraction of sp³-hybridized carbons (Fsp3) is 0.0909. The molecule has 2 heterocycles. The topological polar surface area (TPSA) is 39.8 Å². The molecule has 1 unspecified atom stereocenters. The summed E-state index contributed by atoms with van der Waals surface area (Å²) in [5.41, 5.74) is 9.68. The van der Waals surface area contributed by atoms with Gasteiger partial charge >= 0.3 is 0 Å². The Morgan fingerprint density at radius 2 is 2.27 bits per heavy atom. The van der Waals surface area contributed by atoms with Crippen LogP contribution in [0.15, 0.2) is 30.3 Å². The van der Waals surface area contributed by atoms with Gasteiger partial charge in [-0.25, -0.2) is 0 Å². The molecule has 0 aliphatic carbocycles. The highest BCUT2D eigenvalue weighted by Crippen LogP contribution is 2.38. The van der Waals surface area contributed by atoms with Crippen LogP contribution in [0.4, 0.5) is 5.69 Å². The van der Waals surface area contributed by atoms with Crippen molar-refractivity contribution in [2.75, 3.05) is 0 Å². The van der Waals surface area contributed by atoms with Crippen LogP contribution >= 0.6 is 0 Å². The summed E-state index contributed by atoms with van der Waals surface area (Å²) in [6.45, 7) is 0.759. The summed E-state index contributed by atoms with van der Waals surface area (Å²) in [5.74, 6) is 0.903. The van der Waals surface area contributed by atoms with Gasteiger partial charge in [0.1, 0.15) is 0 Å². The van der Waals surface area contributed by atoms with Crippen molar-refractivity contribution in [3.8, 4) is 5.75 Å². The van der Waals surface area contributed by atoms with Gasteiger partial charge in [-0.2, -0.15) is 0 Å². The first-order valence-electron chi connectivity index (χ1n) is 4.96. The van der Waals surface area contributed by atoms with Gasteiger partial charge in [0.15, 0.2) is 5.69 Å². The standard InChI is InChI=1S/C11H9N3O/c1-2-4-8-7(3-1)5-10-11-9(8)6-12-14(11)13-15-10/h1-5,13-14H,6H2. The van der Waals surface area contributed by atoms with E-state index in [9.17, 15) is 0 Å². The number of benzene rings is 2. The van der Waals surface area contributed by atoms with Crippen molar-refractivity contribution in [2.45, 2.75) is 6.54 Å². The summed E-state index contributed by atoms with van der Waals surface area (Å²) in [6, 6.07) is 10.4. The van der Waals surface area contributed by atoms with Crippen LogP contribution in [0, 0.1) is 0 Å². The Hall–Kier alpha value is -1.62. The maximum Gasteiger partial charge on any atom is 0.215 e. The zero-order chi connectivity index (χ0) is 9.83. The van der Waals surface area contributed by atoms with Crippen molar-refractivity contribution in [1.29, 1.82) is 0 Å². The number of hydrogen-bond acceptors (Lipinski definition) is 2. The number of quaternary nitrogens is 1. The fourth-order valence-corrected chi connectivity index (χ4v) is 2.32. The molecule has 1 atom stereocenters. The minimum Gasteiger partial charge on any atom is -0.420 e. The maximum absolute atomic E-state index is 5.37. The van der Waals surface area contributed by atoms with E-state index in [0.29, 0.717) is 0 Å². The van der Waals surface area contributed by atoms with Crippen LogP contribution in [0.3, 0.4) is 0 Å². The van der Waals surface area contributed by atoms with Crippen molar-refractivity contribution in [3.05, 3.63) is 41.3 Å². The number of fused-ring (bicyclic) bond motifs is 2. The molecule has 2 N–H and O–H groups in total. The second-order valence-corrected chi connectivity index (χ2v) is 3.82. The first kappa shape index (κ1) is 7.64. The molecule has 0 spiro atoms.